The Morgan fingerprint density at radius 3 is 2.58 bits per heavy atom. The second-order valence-electron chi connectivity index (χ2n) is 4.48. The van der Waals surface area contributed by atoms with E-state index in [0.717, 1.165) is 15.9 Å². The Balaban J connectivity index is 2.00. The van der Waals surface area contributed by atoms with Gasteiger partial charge in [-0.3, -0.25) is 0 Å². The second-order valence-corrected chi connectivity index (χ2v) is 5.73. The molecule has 0 atom stereocenters. The lowest BCUT2D eigenvalue weighted by Crippen LogP contribution is -1.97. The van der Waals surface area contributed by atoms with Crippen LogP contribution in [0.1, 0.15) is 11.1 Å². The summed E-state index contributed by atoms with van der Waals surface area (Å²) in [6.07, 6.45) is 0. The summed E-state index contributed by atoms with van der Waals surface area (Å²) in [5.41, 5.74) is 3.38. The van der Waals surface area contributed by atoms with Crippen LogP contribution in [0.4, 0.5) is 11.6 Å². The summed E-state index contributed by atoms with van der Waals surface area (Å²) in [5, 5.41) is 6.56. The molecule has 0 aliphatic carbocycles. The molecule has 1 aromatic carbocycles. The number of halogens is 1. The van der Waals surface area contributed by atoms with Crippen LogP contribution in [0.5, 0.6) is 0 Å². The average molecular weight is 290 g/mol. The van der Waals surface area contributed by atoms with Gasteiger partial charge >= 0.3 is 0 Å². The molecule has 2 heterocycles. The van der Waals surface area contributed by atoms with Gasteiger partial charge < -0.3 is 5.32 Å². The highest BCUT2D eigenvalue weighted by molar-refractivity contribution is 7.16. The number of hydrogen-bond acceptors (Lipinski definition) is 4. The van der Waals surface area contributed by atoms with E-state index in [1.807, 2.05) is 11.4 Å². The zero-order valence-corrected chi connectivity index (χ0v) is 12.1. The third-order valence-corrected chi connectivity index (χ3v) is 3.85. The molecule has 0 saturated carbocycles. The maximum atomic E-state index is 6.15. The third-order valence-electron chi connectivity index (χ3n) is 2.76. The minimum absolute atomic E-state index is 0.484. The Labute approximate surface area is 120 Å². The van der Waals surface area contributed by atoms with Gasteiger partial charge in [-0.1, -0.05) is 17.7 Å². The smallest absolute Gasteiger partial charge is 0.230 e. The van der Waals surface area contributed by atoms with E-state index in [4.69, 9.17) is 11.6 Å². The van der Waals surface area contributed by atoms with Crippen molar-refractivity contribution in [3.8, 4) is 0 Å². The third kappa shape index (κ3) is 2.55. The predicted octanol–water partition coefficient (Wildman–Crippen LogP) is 4.71. The number of nitrogens with one attached hydrogen (secondary N) is 1. The quantitative estimate of drug-likeness (QED) is 0.695. The van der Waals surface area contributed by atoms with Crippen molar-refractivity contribution in [2.75, 3.05) is 5.32 Å². The van der Waals surface area contributed by atoms with Gasteiger partial charge in [-0.05, 0) is 48.6 Å². The highest BCUT2D eigenvalue weighted by Crippen LogP contribution is 2.27. The molecular weight excluding hydrogens is 278 g/mol. The number of rotatable bonds is 2. The van der Waals surface area contributed by atoms with Crippen molar-refractivity contribution in [3.05, 3.63) is 45.9 Å². The van der Waals surface area contributed by atoms with E-state index in [0.29, 0.717) is 11.1 Å². The van der Waals surface area contributed by atoms with Crippen LogP contribution in [0.2, 0.25) is 5.15 Å². The Kier molecular flexibility index (Phi) is 3.12. The van der Waals surface area contributed by atoms with E-state index in [1.165, 1.54) is 11.1 Å². The molecule has 0 saturated heterocycles. The van der Waals surface area contributed by atoms with Gasteiger partial charge in [-0.2, -0.15) is 0 Å². The maximum absolute atomic E-state index is 6.15. The number of nitrogens with zero attached hydrogens (tertiary/aromatic N) is 2. The number of aryl methyl sites for hydroxylation is 2. The van der Waals surface area contributed by atoms with Crippen molar-refractivity contribution < 1.29 is 0 Å². The molecule has 0 aliphatic heterocycles. The lowest BCUT2D eigenvalue weighted by atomic mass is 10.1. The standard InChI is InChI=1S/C14H12ClN3S/c1-8-5-9(2)7-10(6-8)16-14-17-12(15)11-3-4-19-13(11)18-14/h3-7H,1-2H3,(H,16,17,18). The van der Waals surface area contributed by atoms with E-state index in [2.05, 4.69) is 47.3 Å². The summed E-state index contributed by atoms with van der Waals surface area (Å²) in [6.45, 7) is 4.13. The van der Waals surface area contributed by atoms with Gasteiger partial charge in [-0.15, -0.1) is 11.3 Å². The molecule has 19 heavy (non-hydrogen) atoms. The topological polar surface area (TPSA) is 37.8 Å². The summed E-state index contributed by atoms with van der Waals surface area (Å²) in [7, 11) is 0. The fourth-order valence-corrected chi connectivity index (χ4v) is 3.10. The van der Waals surface area contributed by atoms with Gasteiger partial charge in [0.15, 0.2) is 0 Å². The number of aromatic nitrogens is 2. The molecule has 1 N–H and O–H groups in total. The zero-order valence-electron chi connectivity index (χ0n) is 10.6. The molecular formula is C14H12ClN3S. The van der Waals surface area contributed by atoms with E-state index >= 15 is 0 Å². The van der Waals surface area contributed by atoms with Crippen molar-refractivity contribution in [1.29, 1.82) is 0 Å². The van der Waals surface area contributed by atoms with Crippen LogP contribution in [0, 0.1) is 13.8 Å². The van der Waals surface area contributed by atoms with Crippen molar-refractivity contribution in [1.82, 2.24) is 9.97 Å². The van der Waals surface area contributed by atoms with Gasteiger partial charge in [-0.25, -0.2) is 9.97 Å². The van der Waals surface area contributed by atoms with Crippen LogP contribution in [-0.4, -0.2) is 9.97 Å². The molecule has 0 spiro atoms. The average Bonchev–Trinajstić information content (AvgIpc) is 2.75. The van der Waals surface area contributed by atoms with Crippen LogP contribution in [0.15, 0.2) is 29.6 Å². The molecule has 0 radical (unpaired) electrons. The number of thiophene rings is 1. The summed E-state index contributed by atoms with van der Waals surface area (Å²) < 4.78 is 0. The summed E-state index contributed by atoms with van der Waals surface area (Å²) in [6, 6.07) is 8.18. The van der Waals surface area contributed by atoms with E-state index in [1.54, 1.807) is 11.3 Å². The molecule has 3 aromatic rings. The molecule has 2 aromatic heterocycles. The van der Waals surface area contributed by atoms with Gasteiger partial charge in [0.25, 0.3) is 0 Å². The molecule has 0 unspecified atom stereocenters. The van der Waals surface area contributed by atoms with Crippen molar-refractivity contribution >= 4 is 44.8 Å². The SMILES string of the molecule is Cc1cc(C)cc(Nc2nc(Cl)c3ccsc3n2)c1. The van der Waals surface area contributed by atoms with Gasteiger partial charge in [0.1, 0.15) is 9.98 Å². The number of benzene rings is 1. The van der Waals surface area contributed by atoms with Crippen molar-refractivity contribution in [3.63, 3.8) is 0 Å². The molecule has 0 fully saturated rings. The van der Waals surface area contributed by atoms with Crippen molar-refractivity contribution in [2.24, 2.45) is 0 Å². The maximum Gasteiger partial charge on any atom is 0.230 e. The summed E-state index contributed by atoms with van der Waals surface area (Å²) in [4.78, 5) is 9.64. The number of hydrogen-bond donors (Lipinski definition) is 1. The zero-order chi connectivity index (χ0) is 13.4. The molecule has 0 bridgehead atoms. The minimum Gasteiger partial charge on any atom is -0.324 e. The molecule has 0 amide bonds. The van der Waals surface area contributed by atoms with Crippen LogP contribution >= 0.6 is 22.9 Å². The first-order valence-corrected chi connectivity index (χ1v) is 7.13. The largest absolute Gasteiger partial charge is 0.324 e. The predicted molar refractivity (Wildman–Crippen MR) is 81.6 cm³/mol. The van der Waals surface area contributed by atoms with E-state index in [9.17, 15) is 0 Å². The van der Waals surface area contributed by atoms with Crippen LogP contribution in [0.3, 0.4) is 0 Å². The molecule has 96 valence electrons. The lowest BCUT2D eigenvalue weighted by molar-refractivity contribution is 1.22. The molecule has 0 aliphatic rings. The Hall–Kier alpha value is -1.65. The molecule has 3 rings (SSSR count). The highest BCUT2D eigenvalue weighted by atomic mass is 35.5. The first-order valence-electron chi connectivity index (χ1n) is 5.88. The monoisotopic (exact) mass is 289 g/mol. The Bertz CT molecular complexity index is 731. The molecule has 3 nitrogen and oxygen atoms in total. The molecule has 5 heteroatoms. The Morgan fingerprint density at radius 2 is 1.84 bits per heavy atom. The van der Waals surface area contributed by atoms with Crippen LogP contribution in [0.25, 0.3) is 10.2 Å². The second kappa shape index (κ2) is 4.79. The fourth-order valence-electron chi connectivity index (χ4n) is 2.05. The summed E-state index contributed by atoms with van der Waals surface area (Å²) >= 11 is 7.70. The van der Waals surface area contributed by atoms with Crippen LogP contribution in [-0.2, 0) is 0 Å². The first-order chi connectivity index (χ1) is 9.11. The van der Waals surface area contributed by atoms with Crippen molar-refractivity contribution in [2.45, 2.75) is 13.8 Å². The summed E-state index contributed by atoms with van der Waals surface area (Å²) in [5.74, 6) is 0.532. The first kappa shape index (κ1) is 12.4. The highest BCUT2D eigenvalue weighted by Gasteiger charge is 2.07. The Morgan fingerprint density at radius 1 is 1.11 bits per heavy atom. The number of fused-ring (bicyclic) bond motifs is 1. The number of anilines is 2. The van der Waals surface area contributed by atoms with Gasteiger partial charge in [0.05, 0.1) is 0 Å². The van der Waals surface area contributed by atoms with Gasteiger partial charge in [0.2, 0.25) is 5.95 Å². The van der Waals surface area contributed by atoms with Crippen LogP contribution < -0.4 is 5.32 Å². The minimum atomic E-state index is 0.484. The normalized spacial score (nSPS) is 10.9. The fraction of sp³-hybridized carbons (Fsp3) is 0.143. The van der Waals surface area contributed by atoms with E-state index in [-0.39, 0.29) is 0 Å². The van der Waals surface area contributed by atoms with E-state index < -0.39 is 0 Å². The van der Waals surface area contributed by atoms with Gasteiger partial charge in [0, 0.05) is 11.1 Å². The lowest BCUT2D eigenvalue weighted by Gasteiger charge is -2.07.